The molecule has 3 saturated carbocycles. The van der Waals surface area contributed by atoms with Gasteiger partial charge in [0.05, 0.1) is 0 Å². The van der Waals surface area contributed by atoms with Crippen molar-refractivity contribution in [3.63, 3.8) is 0 Å². The summed E-state index contributed by atoms with van der Waals surface area (Å²) in [5, 5.41) is 3.32. The Hall–Kier alpha value is -1.15. The van der Waals surface area contributed by atoms with Crippen molar-refractivity contribution in [2.75, 3.05) is 0 Å². The van der Waals surface area contributed by atoms with Crippen molar-refractivity contribution >= 4 is 27.2 Å². The monoisotopic (exact) mass is 268 g/mol. The summed E-state index contributed by atoms with van der Waals surface area (Å²) in [7, 11) is 0. The molecule has 0 saturated heterocycles. The smallest absolute Gasteiger partial charge is 0.167 e. The number of rotatable bonds is 2. The Morgan fingerprint density at radius 3 is 2.68 bits per heavy atom. The van der Waals surface area contributed by atoms with E-state index in [1.165, 1.54) is 29.3 Å². The topological polar surface area (TPSA) is 17.1 Å². The van der Waals surface area contributed by atoms with Crippen LogP contribution in [0.15, 0.2) is 29.6 Å². The lowest BCUT2D eigenvalue weighted by molar-refractivity contribution is 0.0946. The van der Waals surface area contributed by atoms with Crippen LogP contribution in [0, 0.1) is 29.6 Å². The number of thiophene rings is 1. The van der Waals surface area contributed by atoms with Gasteiger partial charge in [-0.1, -0.05) is 12.1 Å². The van der Waals surface area contributed by atoms with E-state index >= 15 is 0 Å². The molecule has 5 rings (SSSR count). The highest BCUT2D eigenvalue weighted by molar-refractivity contribution is 7.17. The minimum Gasteiger partial charge on any atom is -0.294 e. The van der Waals surface area contributed by atoms with Crippen LogP contribution in [0.4, 0.5) is 0 Å². The van der Waals surface area contributed by atoms with Crippen LogP contribution in [-0.4, -0.2) is 5.78 Å². The van der Waals surface area contributed by atoms with E-state index in [-0.39, 0.29) is 0 Å². The Bertz CT molecular complexity index is 669. The zero-order valence-electron chi connectivity index (χ0n) is 10.7. The number of carbonyl (C=O) groups excluding carboxylic acids is 1. The van der Waals surface area contributed by atoms with Gasteiger partial charge in [0, 0.05) is 16.2 Å². The van der Waals surface area contributed by atoms with Gasteiger partial charge in [0.2, 0.25) is 0 Å². The van der Waals surface area contributed by atoms with E-state index in [0.29, 0.717) is 11.7 Å². The second-order valence-corrected chi connectivity index (χ2v) is 7.44. The van der Waals surface area contributed by atoms with Crippen LogP contribution in [0.2, 0.25) is 0 Å². The number of fused-ring (bicyclic) bond motifs is 6. The number of carbonyl (C=O) groups is 1. The standard InChI is InChI=1S/C17H16OS/c18-16(12-3-1-2-9-6-7-19-17(9)12)15-13-10-4-5-11(8-10)14(13)15/h1-3,6-7,10-11,13-15H,4-5,8H2. The fourth-order valence-corrected chi connectivity index (χ4v) is 5.96. The van der Waals surface area contributed by atoms with Crippen molar-refractivity contribution in [1.29, 1.82) is 0 Å². The van der Waals surface area contributed by atoms with Crippen molar-refractivity contribution < 1.29 is 4.79 Å². The maximum Gasteiger partial charge on any atom is 0.167 e. The largest absolute Gasteiger partial charge is 0.294 e. The first-order chi connectivity index (χ1) is 9.34. The van der Waals surface area contributed by atoms with Crippen LogP contribution >= 0.6 is 11.3 Å². The average molecular weight is 268 g/mol. The molecule has 3 fully saturated rings. The van der Waals surface area contributed by atoms with Gasteiger partial charge in [-0.05, 0) is 65.8 Å². The van der Waals surface area contributed by atoms with Gasteiger partial charge in [0.15, 0.2) is 5.78 Å². The molecule has 2 aromatic rings. The molecule has 2 heteroatoms. The second kappa shape index (κ2) is 3.49. The van der Waals surface area contributed by atoms with E-state index in [4.69, 9.17) is 0 Å². The number of benzene rings is 1. The van der Waals surface area contributed by atoms with Crippen LogP contribution in [0.1, 0.15) is 29.6 Å². The van der Waals surface area contributed by atoms with Gasteiger partial charge >= 0.3 is 0 Å². The zero-order chi connectivity index (χ0) is 12.6. The van der Waals surface area contributed by atoms with Gasteiger partial charge < -0.3 is 0 Å². The summed E-state index contributed by atoms with van der Waals surface area (Å²) >= 11 is 1.71. The molecule has 0 radical (unpaired) electrons. The predicted molar refractivity (Wildman–Crippen MR) is 77.5 cm³/mol. The third kappa shape index (κ3) is 1.28. The molecule has 1 heterocycles. The molecule has 96 valence electrons. The Balaban J connectivity index is 1.54. The summed E-state index contributed by atoms with van der Waals surface area (Å²) in [4.78, 5) is 12.9. The van der Waals surface area contributed by atoms with Gasteiger partial charge in [0.1, 0.15) is 0 Å². The second-order valence-electron chi connectivity index (χ2n) is 6.52. The molecule has 0 aliphatic heterocycles. The molecular weight excluding hydrogens is 252 g/mol. The Kier molecular flexibility index (Phi) is 1.95. The summed E-state index contributed by atoms with van der Waals surface area (Å²) in [5.74, 6) is 4.08. The number of Topliss-reactive ketones (excluding diaryl/α,β-unsaturated/α-hetero) is 1. The first-order valence-corrected chi connectivity index (χ1v) is 8.23. The molecule has 1 aromatic carbocycles. The lowest BCUT2D eigenvalue weighted by atomic mass is 9.96. The molecule has 1 nitrogen and oxygen atoms in total. The molecule has 3 aliphatic rings. The number of hydrogen-bond donors (Lipinski definition) is 0. The fraction of sp³-hybridized carbons (Fsp3) is 0.471. The molecule has 4 atom stereocenters. The van der Waals surface area contributed by atoms with Crippen molar-refractivity contribution in [2.24, 2.45) is 29.6 Å². The quantitative estimate of drug-likeness (QED) is 0.739. The summed E-state index contributed by atoms with van der Waals surface area (Å²) < 4.78 is 1.20. The number of ketones is 1. The van der Waals surface area contributed by atoms with Crippen LogP contribution < -0.4 is 0 Å². The Morgan fingerprint density at radius 2 is 1.89 bits per heavy atom. The van der Waals surface area contributed by atoms with Crippen molar-refractivity contribution in [3.8, 4) is 0 Å². The fourth-order valence-electron chi connectivity index (χ4n) is 5.04. The van der Waals surface area contributed by atoms with Crippen molar-refractivity contribution in [1.82, 2.24) is 0 Å². The molecule has 0 N–H and O–H groups in total. The minimum absolute atomic E-state index is 0.374. The van der Waals surface area contributed by atoms with E-state index < -0.39 is 0 Å². The average Bonchev–Trinajstić information content (AvgIpc) is 2.85. The number of hydrogen-bond acceptors (Lipinski definition) is 2. The van der Waals surface area contributed by atoms with Crippen LogP contribution in [0.3, 0.4) is 0 Å². The highest BCUT2D eigenvalue weighted by Gasteiger charge is 2.67. The van der Waals surface area contributed by atoms with Crippen LogP contribution in [-0.2, 0) is 0 Å². The molecular formula is C17H16OS. The molecule has 2 bridgehead atoms. The molecule has 0 spiro atoms. The minimum atomic E-state index is 0.374. The third-order valence-electron chi connectivity index (χ3n) is 5.78. The predicted octanol–water partition coefficient (Wildman–Crippen LogP) is 4.38. The maximum atomic E-state index is 12.9. The zero-order valence-corrected chi connectivity index (χ0v) is 11.5. The summed E-state index contributed by atoms with van der Waals surface area (Å²) in [6, 6.07) is 8.31. The molecule has 19 heavy (non-hydrogen) atoms. The highest BCUT2D eigenvalue weighted by atomic mass is 32.1. The first-order valence-electron chi connectivity index (χ1n) is 7.35. The summed E-state index contributed by atoms with van der Waals surface area (Å²) in [5.41, 5.74) is 0.992. The maximum absolute atomic E-state index is 12.9. The lowest BCUT2D eigenvalue weighted by Crippen LogP contribution is -2.10. The first kappa shape index (κ1) is 10.6. The molecule has 1 aromatic heterocycles. The van der Waals surface area contributed by atoms with Crippen molar-refractivity contribution in [2.45, 2.75) is 19.3 Å². The van der Waals surface area contributed by atoms with Gasteiger partial charge in [0.25, 0.3) is 0 Å². The van der Waals surface area contributed by atoms with E-state index in [1.807, 2.05) is 12.1 Å². The summed E-state index contributed by atoms with van der Waals surface area (Å²) in [6.45, 7) is 0. The van der Waals surface area contributed by atoms with E-state index in [0.717, 1.165) is 29.2 Å². The van der Waals surface area contributed by atoms with Gasteiger partial charge in [-0.15, -0.1) is 11.3 Å². The lowest BCUT2D eigenvalue weighted by Gasteiger charge is -2.08. The van der Waals surface area contributed by atoms with Crippen molar-refractivity contribution in [3.05, 3.63) is 35.2 Å². The van der Waals surface area contributed by atoms with Gasteiger partial charge in [-0.3, -0.25) is 4.79 Å². The Labute approximate surface area is 116 Å². The molecule has 0 amide bonds. The molecule has 3 aliphatic carbocycles. The van der Waals surface area contributed by atoms with E-state index in [9.17, 15) is 4.79 Å². The highest BCUT2D eigenvalue weighted by Crippen LogP contribution is 2.70. The normalized spacial score (nSPS) is 38.6. The van der Waals surface area contributed by atoms with Crippen LogP contribution in [0.25, 0.3) is 10.1 Å². The van der Waals surface area contributed by atoms with Crippen LogP contribution in [0.5, 0.6) is 0 Å². The third-order valence-corrected chi connectivity index (χ3v) is 6.75. The summed E-state index contributed by atoms with van der Waals surface area (Å²) in [6.07, 6.45) is 4.19. The van der Waals surface area contributed by atoms with Gasteiger partial charge in [-0.2, -0.15) is 0 Å². The molecule has 4 unspecified atom stereocenters. The van der Waals surface area contributed by atoms with Gasteiger partial charge in [-0.25, -0.2) is 0 Å². The van der Waals surface area contributed by atoms with E-state index in [2.05, 4.69) is 17.5 Å². The Morgan fingerprint density at radius 1 is 1.11 bits per heavy atom. The SMILES string of the molecule is O=C(c1cccc2ccsc12)C1C2C3CCC(C3)C12. The van der Waals surface area contributed by atoms with E-state index in [1.54, 1.807) is 11.3 Å².